The fourth-order valence-electron chi connectivity index (χ4n) is 1.20. The molecule has 0 fully saturated rings. The zero-order valence-corrected chi connectivity index (χ0v) is 9.72. The van der Waals surface area contributed by atoms with Crippen LogP contribution in [0.1, 0.15) is 12.8 Å². The molecule has 0 saturated heterocycles. The number of hydrogen-bond donors (Lipinski definition) is 4. The highest BCUT2D eigenvalue weighted by Gasteiger charge is 2.05. The summed E-state index contributed by atoms with van der Waals surface area (Å²) < 4.78 is 0. The second-order valence-corrected chi connectivity index (χ2v) is 3.52. The Hall–Kier alpha value is -2.15. The predicted molar refractivity (Wildman–Crippen MR) is 65.3 cm³/mol. The first-order valence-corrected chi connectivity index (χ1v) is 5.44. The van der Waals surface area contributed by atoms with Crippen LogP contribution in [-0.2, 0) is 9.59 Å². The van der Waals surface area contributed by atoms with Crippen LogP contribution in [0.5, 0.6) is 0 Å². The maximum Gasteiger partial charge on any atom is 0.303 e. The van der Waals surface area contributed by atoms with Gasteiger partial charge in [0.25, 0.3) is 0 Å². The molecule has 1 heterocycles. The molecule has 4 N–H and O–H groups in total. The Morgan fingerprint density at radius 3 is 2.61 bits per heavy atom. The SMILES string of the molecule is O=C(O)CCC(=O)Nc1ccc(NCCO)nc1. The summed E-state index contributed by atoms with van der Waals surface area (Å²) in [5.74, 6) is -0.783. The van der Waals surface area contributed by atoms with Gasteiger partial charge in [0.05, 0.1) is 24.9 Å². The van der Waals surface area contributed by atoms with Crippen molar-refractivity contribution in [2.24, 2.45) is 0 Å². The predicted octanol–water partition coefficient (Wildman–Crippen LogP) is 0.289. The number of amides is 1. The van der Waals surface area contributed by atoms with Crippen LogP contribution in [0.2, 0.25) is 0 Å². The van der Waals surface area contributed by atoms with E-state index in [-0.39, 0.29) is 25.4 Å². The van der Waals surface area contributed by atoms with Gasteiger partial charge >= 0.3 is 5.97 Å². The molecule has 0 aliphatic rings. The molecule has 0 bridgehead atoms. The Morgan fingerprint density at radius 1 is 1.28 bits per heavy atom. The van der Waals surface area contributed by atoms with E-state index in [4.69, 9.17) is 10.2 Å². The van der Waals surface area contributed by atoms with Crippen LogP contribution >= 0.6 is 0 Å². The largest absolute Gasteiger partial charge is 0.481 e. The molecule has 7 nitrogen and oxygen atoms in total. The van der Waals surface area contributed by atoms with Gasteiger partial charge in [-0.2, -0.15) is 0 Å². The monoisotopic (exact) mass is 253 g/mol. The molecule has 0 radical (unpaired) electrons. The van der Waals surface area contributed by atoms with E-state index in [9.17, 15) is 9.59 Å². The molecular weight excluding hydrogens is 238 g/mol. The van der Waals surface area contributed by atoms with Gasteiger partial charge in [-0.25, -0.2) is 4.98 Å². The molecule has 0 aromatic carbocycles. The first kappa shape index (κ1) is 13.9. The third-order valence-electron chi connectivity index (χ3n) is 2.03. The fourth-order valence-corrected chi connectivity index (χ4v) is 1.20. The highest BCUT2D eigenvalue weighted by Crippen LogP contribution is 2.09. The lowest BCUT2D eigenvalue weighted by molar-refractivity contribution is -0.138. The highest BCUT2D eigenvalue weighted by atomic mass is 16.4. The molecular formula is C11H15N3O4. The molecule has 0 aliphatic carbocycles. The van der Waals surface area contributed by atoms with Crippen molar-refractivity contribution in [2.45, 2.75) is 12.8 Å². The van der Waals surface area contributed by atoms with Crippen molar-refractivity contribution in [3.05, 3.63) is 18.3 Å². The number of aliphatic hydroxyl groups is 1. The summed E-state index contributed by atoms with van der Waals surface area (Å²) in [6, 6.07) is 3.30. The van der Waals surface area contributed by atoms with Crippen molar-refractivity contribution >= 4 is 23.4 Å². The molecule has 7 heteroatoms. The van der Waals surface area contributed by atoms with Crippen molar-refractivity contribution in [2.75, 3.05) is 23.8 Å². The molecule has 1 aromatic rings. The quantitative estimate of drug-likeness (QED) is 0.555. The first-order chi connectivity index (χ1) is 8.61. The Labute approximate surface area is 104 Å². The summed E-state index contributed by atoms with van der Waals surface area (Å²) in [7, 11) is 0. The van der Waals surface area contributed by atoms with Gasteiger partial charge in [0.15, 0.2) is 0 Å². The smallest absolute Gasteiger partial charge is 0.303 e. The lowest BCUT2D eigenvalue weighted by Crippen LogP contribution is -2.13. The number of anilines is 2. The van der Waals surface area contributed by atoms with Crippen molar-refractivity contribution < 1.29 is 19.8 Å². The van der Waals surface area contributed by atoms with Gasteiger partial charge < -0.3 is 20.8 Å². The van der Waals surface area contributed by atoms with Crippen LogP contribution in [0.25, 0.3) is 0 Å². The van der Waals surface area contributed by atoms with Gasteiger partial charge in [-0.3, -0.25) is 9.59 Å². The summed E-state index contributed by atoms with van der Waals surface area (Å²) >= 11 is 0. The van der Waals surface area contributed by atoms with E-state index in [1.807, 2.05) is 0 Å². The van der Waals surface area contributed by atoms with Gasteiger partial charge in [0.1, 0.15) is 5.82 Å². The van der Waals surface area contributed by atoms with Crippen LogP contribution < -0.4 is 10.6 Å². The molecule has 1 amide bonds. The third kappa shape index (κ3) is 5.26. The summed E-state index contributed by atoms with van der Waals surface area (Å²) in [4.78, 5) is 25.6. The van der Waals surface area contributed by atoms with Gasteiger partial charge in [-0.05, 0) is 12.1 Å². The van der Waals surface area contributed by atoms with Gasteiger partial charge in [0.2, 0.25) is 5.91 Å². The molecule has 18 heavy (non-hydrogen) atoms. The van der Waals surface area contributed by atoms with E-state index in [1.165, 1.54) is 6.20 Å². The van der Waals surface area contributed by atoms with E-state index in [2.05, 4.69) is 15.6 Å². The zero-order valence-electron chi connectivity index (χ0n) is 9.72. The number of carboxylic acid groups (broad SMARTS) is 1. The Kier molecular flexibility index (Phi) is 5.59. The minimum absolute atomic E-state index is 0.00928. The van der Waals surface area contributed by atoms with Crippen LogP contribution in [0, 0.1) is 0 Å². The molecule has 1 rings (SSSR count). The molecule has 98 valence electrons. The molecule has 0 spiro atoms. The number of rotatable bonds is 7. The molecule has 0 saturated carbocycles. The Morgan fingerprint density at radius 2 is 2.06 bits per heavy atom. The lowest BCUT2D eigenvalue weighted by atomic mass is 10.3. The number of carboxylic acids is 1. The van der Waals surface area contributed by atoms with Gasteiger partial charge in [-0.15, -0.1) is 0 Å². The maximum atomic E-state index is 11.3. The molecule has 0 atom stereocenters. The normalized spacial score (nSPS) is 9.83. The average Bonchev–Trinajstić information content (AvgIpc) is 2.35. The minimum atomic E-state index is -1.01. The average molecular weight is 253 g/mol. The van der Waals surface area contributed by atoms with E-state index in [1.54, 1.807) is 12.1 Å². The lowest BCUT2D eigenvalue weighted by Gasteiger charge is -2.06. The van der Waals surface area contributed by atoms with Crippen LogP contribution in [0.15, 0.2) is 18.3 Å². The fraction of sp³-hybridized carbons (Fsp3) is 0.364. The van der Waals surface area contributed by atoms with Gasteiger partial charge in [-0.1, -0.05) is 0 Å². The minimum Gasteiger partial charge on any atom is -0.481 e. The number of carbonyl (C=O) groups excluding carboxylic acids is 1. The number of carbonyl (C=O) groups is 2. The molecule has 0 aliphatic heterocycles. The zero-order chi connectivity index (χ0) is 13.4. The summed E-state index contributed by atoms with van der Waals surface area (Å²) in [6.07, 6.45) is 1.19. The third-order valence-corrected chi connectivity index (χ3v) is 2.03. The number of pyridine rings is 1. The first-order valence-electron chi connectivity index (χ1n) is 5.44. The topological polar surface area (TPSA) is 112 Å². The van der Waals surface area contributed by atoms with Crippen molar-refractivity contribution in [3.8, 4) is 0 Å². The van der Waals surface area contributed by atoms with E-state index in [0.717, 1.165) is 0 Å². The number of aliphatic carboxylic acids is 1. The Balaban J connectivity index is 2.42. The maximum absolute atomic E-state index is 11.3. The van der Waals surface area contributed by atoms with E-state index >= 15 is 0 Å². The number of nitrogens with one attached hydrogen (secondary N) is 2. The number of nitrogens with zero attached hydrogens (tertiary/aromatic N) is 1. The van der Waals surface area contributed by atoms with Crippen molar-refractivity contribution in [1.29, 1.82) is 0 Å². The van der Waals surface area contributed by atoms with Crippen LogP contribution in [-0.4, -0.2) is 40.2 Å². The van der Waals surface area contributed by atoms with E-state index < -0.39 is 5.97 Å². The number of aromatic nitrogens is 1. The standard InChI is InChI=1S/C11H15N3O4/c15-6-5-12-9-2-1-8(7-13-9)14-10(16)3-4-11(17)18/h1-2,7,15H,3-6H2,(H,12,13)(H,14,16)(H,17,18). The van der Waals surface area contributed by atoms with Crippen LogP contribution in [0.4, 0.5) is 11.5 Å². The highest BCUT2D eigenvalue weighted by molar-refractivity contribution is 5.92. The van der Waals surface area contributed by atoms with Gasteiger partial charge in [0, 0.05) is 13.0 Å². The second-order valence-electron chi connectivity index (χ2n) is 3.52. The summed E-state index contributed by atoms with van der Waals surface area (Å²) in [5, 5.41) is 22.4. The van der Waals surface area contributed by atoms with Crippen LogP contribution in [0.3, 0.4) is 0 Å². The molecule has 0 unspecified atom stereocenters. The Bertz CT molecular complexity index is 405. The molecule has 1 aromatic heterocycles. The van der Waals surface area contributed by atoms with E-state index in [0.29, 0.717) is 18.1 Å². The number of aliphatic hydroxyl groups excluding tert-OH is 1. The number of hydrogen-bond acceptors (Lipinski definition) is 5. The summed E-state index contributed by atoms with van der Waals surface area (Å²) in [6.45, 7) is 0.409. The van der Waals surface area contributed by atoms with Crippen molar-refractivity contribution in [1.82, 2.24) is 4.98 Å². The van der Waals surface area contributed by atoms with Crippen molar-refractivity contribution in [3.63, 3.8) is 0 Å². The summed E-state index contributed by atoms with van der Waals surface area (Å²) in [5.41, 5.74) is 0.500. The second kappa shape index (κ2) is 7.23.